The van der Waals surface area contributed by atoms with Gasteiger partial charge in [0, 0.05) is 56.5 Å². The second-order valence-corrected chi connectivity index (χ2v) is 7.83. The third kappa shape index (κ3) is 4.94. The van der Waals surface area contributed by atoms with Gasteiger partial charge in [0.25, 0.3) is 11.8 Å². The molecule has 7 nitrogen and oxygen atoms in total. The first-order valence-electron chi connectivity index (χ1n) is 10.4. The summed E-state index contributed by atoms with van der Waals surface area (Å²) in [6.07, 6.45) is 4.89. The Bertz CT molecular complexity index is 1070. The van der Waals surface area contributed by atoms with Gasteiger partial charge in [0.2, 0.25) is 0 Å². The number of hydrogen-bond donors (Lipinski definition) is 1. The predicted molar refractivity (Wildman–Crippen MR) is 118 cm³/mol. The summed E-state index contributed by atoms with van der Waals surface area (Å²) in [5, 5.41) is 2.92. The highest BCUT2D eigenvalue weighted by atomic mass is 16.5. The van der Waals surface area contributed by atoms with E-state index in [2.05, 4.69) is 10.3 Å². The van der Waals surface area contributed by atoms with Crippen molar-refractivity contribution in [3.63, 3.8) is 0 Å². The largest absolute Gasteiger partial charge is 0.490 e. The Hall–Kier alpha value is -3.61. The number of hydrogen-bond acceptors (Lipinski definition) is 4. The Morgan fingerprint density at radius 1 is 1.10 bits per heavy atom. The maximum Gasteiger partial charge on any atom is 0.274 e. The fourth-order valence-corrected chi connectivity index (χ4v) is 3.64. The van der Waals surface area contributed by atoms with Crippen LogP contribution in [0.15, 0.2) is 61.1 Å². The van der Waals surface area contributed by atoms with Gasteiger partial charge in [0.15, 0.2) is 0 Å². The average molecular weight is 418 g/mol. The van der Waals surface area contributed by atoms with E-state index < -0.39 is 0 Å². The van der Waals surface area contributed by atoms with Crippen molar-refractivity contribution in [3.8, 4) is 5.75 Å². The molecule has 160 valence electrons. The van der Waals surface area contributed by atoms with Gasteiger partial charge in [0.05, 0.1) is 6.33 Å². The molecule has 2 aromatic carbocycles. The molecule has 0 unspecified atom stereocenters. The molecule has 0 bridgehead atoms. The van der Waals surface area contributed by atoms with Crippen LogP contribution in [0.4, 0.5) is 5.69 Å². The zero-order valence-electron chi connectivity index (χ0n) is 17.7. The molecule has 1 saturated heterocycles. The Labute approximate surface area is 181 Å². The fourth-order valence-electron chi connectivity index (χ4n) is 3.64. The standard InChI is InChI=1S/C24H26N4O3/c1-17-8-9-19(26-23(29)18-6-4-3-5-7-18)14-22(17)31-20-10-12-28(13-11-20)24(30)21-15-27(2)16-25-21/h3-9,14-16,20H,10-13H2,1-2H3,(H,26,29). The number of amides is 2. The molecule has 1 fully saturated rings. The molecule has 0 aliphatic carbocycles. The number of ether oxygens (including phenoxy) is 1. The van der Waals surface area contributed by atoms with E-state index in [0.717, 1.165) is 24.2 Å². The number of likely N-dealkylation sites (tertiary alicyclic amines) is 1. The Kier molecular flexibility index (Phi) is 6.02. The highest BCUT2D eigenvalue weighted by Crippen LogP contribution is 2.27. The van der Waals surface area contributed by atoms with E-state index in [4.69, 9.17) is 4.74 Å². The predicted octanol–water partition coefficient (Wildman–Crippen LogP) is 3.66. The summed E-state index contributed by atoms with van der Waals surface area (Å²) in [6.45, 7) is 3.24. The summed E-state index contributed by atoms with van der Waals surface area (Å²) in [5.41, 5.74) is 2.77. The van der Waals surface area contributed by atoms with Crippen LogP contribution in [0.3, 0.4) is 0 Å². The van der Waals surface area contributed by atoms with E-state index in [9.17, 15) is 9.59 Å². The monoisotopic (exact) mass is 418 g/mol. The second kappa shape index (κ2) is 9.04. The number of nitrogens with zero attached hydrogens (tertiary/aromatic N) is 3. The van der Waals surface area contributed by atoms with Gasteiger partial charge in [-0.15, -0.1) is 0 Å². The van der Waals surface area contributed by atoms with Crippen LogP contribution in [-0.4, -0.2) is 45.5 Å². The summed E-state index contributed by atoms with van der Waals surface area (Å²) in [5.74, 6) is 0.554. The number of piperidine rings is 1. The Morgan fingerprint density at radius 3 is 2.52 bits per heavy atom. The quantitative estimate of drug-likeness (QED) is 0.686. The van der Waals surface area contributed by atoms with Gasteiger partial charge in [-0.1, -0.05) is 24.3 Å². The fraction of sp³-hybridized carbons (Fsp3) is 0.292. The van der Waals surface area contributed by atoms with E-state index in [0.29, 0.717) is 30.0 Å². The van der Waals surface area contributed by atoms with E-state index in [1.165, 1.54) is 0 Å². The lowest BCUT2D eigenvalue weighted by atomic mass is 10.1. The molecular formula is C24H26N4O3. The number of anilines is 1. The molecule has 1 aliphatic heterocycles. The van der Waals surface area contributed by atoms with E-state index in [1.807, 2.05) is 55.3 Å². The molecule has 0 radical (unpaired) electrons. The maximum atomic E-state index is 12.6. The van der Waals surface area contributed by atoms with Crippen LogP contribution in [0, 0.1) is 6.92 Å². The zero-order chi connectivity index (χ0) is 21.8. The van der Waals surface area contributed by atoms with Gasteiger partial charge in [-0.25, -0.2) is 4.98 Å². The van der Waals surface area contributed by atoms with Crippen molar-refractivity contribution in [1.82, 2.24) is 14.5 Å². The maximum absolute atomic E-state index is 12.6. The smallest absolute Gasteiger partial charge is 0.274 e. The average Bonchev–Trinajstić information content (AvgIpc) is 3.23. The van der Waals surface area contributed by atoms with Crippen LogP contribution in [0.1, 0.15) is 39.3 Å². The molecule has 2 heterocycles. The summed E-state index contributed by atoms with van der Waals surface area (Å²) in [4.78, 5) is 31.0. The molecule has 0 saturated carbocycles. The van der Waals surface area contributed by atoms with Crippen molar-refractivity contribution >= 4 is 17.5 Å². The summed E-state index contributed by atoms with van der Waals surface area (Å²) in [7, 11) is 1.85. The molecule has 31 heavy (non-hydrogen) atoms. The minimum Gasteiger partial charge on any atom is -0.490 e. The van der Waals surface area contributed by atoms with Crippen LogP contribution in [0.5, 0.6) is 5.75 Å². The number of nitrogens with one attached hydrogen (secondary N) is 1. The van der Waals surface area contributed by atoms with E-state index in [-0.39, 0.29) is 17.9 Å². The van der Waals surface area contributed by atoms with Crippen LogP contribution < -0.4 is 10.1 Å². The molecular weight excluding hydrogens is 392 g/mol. The molecule has 0 atom stereocenters. The van der Waals surface area contributed by atoms with Crippen molar-refractivity contribution in [2.24, 2.45) is 7.05 Å². The normalized spacial score (nSPS) is 14.3. The number of aryl methyl sites for hydroxylation is 2. The lowest BCUT2D eigenvalue weighted by molar-refractivity contribution is 0.0589. The number of imidazole rings is 1. The van der Waals surface area contributed by atoms with Crippen LogP contribution in [0.2, 0.25) is 0 Å². The molecule has 1 aliphatic rings. The van der Waals surface area contributed by atoms with E-state index >= 15 is 0 Å². The third-order valence-corrected chi connectivity index (χ3v) is 5.43. The lowest BCUT2D eigenvalue weighted by Gasteiger charge is -2.32. The zero-order valence-corrected chi connectivity index (χ0v) is 17.7. The van der Waals surface area contributed by atoms with Gasteiger partial charge in [-0.05, 0) is 30.7 Å². The van der Waals surface area contributed by atoms with Crippen LogP contribution in [-0.2, 0) is 7.05 Å². The first kappa shape index (κ1) is 20.7. The number of rotatable bonds is 5. The molecule has 0 spiro atoms. The Morgan fingerprint density at radius 2 is 1.84 bits per heavy atom. The topological polar surface area (TPSA) is 76.5 Å². The molecule has 4 rings (SSSR count). The van der Waals surface area contributed by atoms with Gasteiger partial charge in [0.1, 0.15) is 17.5 Å². The van der Waals surface area contributed by atoms with Crippen molar-refractivity contribution < 1.29 is 14.3 Å². The molecule has 3 aromatic rings. The number of carbonyl (C=O) groups excluding carboxylic acids is 2. The first-order chi connectivity index (χ1) is 15.0. The van der Waals surface area contributed by atoms with E-state index in [1.54, 1.807) is 29.2 Å². The second-order valence-electron chi connectivity index (χ2n) is 7.83. The minimum absolute atomic E-state index is 0.0200. The summed E-state index contributed by atoms with van der Waals surface area (Å²) < 4.78 is 8.02. The van der Waals surface area contributed by atoms with Crippen LogP contribution in [0.25, 0.3) is 0 Å². The van der Waals surface area contributed by atoms with Gasteiger partial charge < -0.3 is 19.5 Å². The number of carbonyl (C=O) groups is 2. The van der Waals surface area contributed by atoms with Crippen molar-refractivity contribution in [1.29, 1.82) is 0 Å². The SMILES string of the molecule is Cc1ccc(NC(=O)c2ccccc2)cc1OC1CCN(C(=O)c2cn(C)cn2)CC1. The third-order valence-electron chi connectivity index (χ3n) is 5.43. The van der Waals surface area contributed by atoms with Gasteiger partial charge in [-0.3, -0.25) is 9.59 Å². The van der Waals surface area contributed by atoms with Gasteiger partial charge >= 0.3 is 0 Å². The lowest BCUT2D eigenvalue weighted by Crippen LogP contribution is -2.42. The van der Waals surface area contributed by atoms with Gasteiger partial charge in [-0.2, -0.15) is 0 Å². The van der Waals surface area contributed by atoms with Crippen molar-refractivity contribution in [2.75, 3.05) is 18.4 Å². The highest BCUT2D eigenvalue weighted by Gasteiger charge is 2.26. The van der Waals surface area contributed by atoms with Crippen molar-refractivity contribution in [3.05, 3.63) is 77.9 Å². The summed E-state index contributed by atoms with van der Waals surface area (Å²) in [6, 6.07) is 14.8. The number of benzene rings is 2. The molecule has 1 aromatic heterocycles. The molecule has 2 amide bonds. The Balaban J connectivity index is 1.36. The minimum atomic E-state index is -0.156. The first-order valence-corrected chi connectivity index (χ1v) is 10.4. The summed E-state index contributed by atoms with van der Waals surface area (Å²) >= 11 is 0. The highest BCUT2D eigenvalue weighted by molar-refractivity contribution is 6.04. The number of aromatic nitrogens is 2. The van der Waals surface area contributed by atoms with Crippen molar-refractivity contribution in [2.45, 2.75) is 25.9 Å². The molecule has 7 heteroatoms. The van der Waals surface area contributed by atoms with Crippen LogP contribution >= 0.6 is 0 Å². The molecule has 1 N–H and O–H groups in total.